The first kappa shape index (κ1) is 19.3. The molecule has 9 nitrogen and oxygen atoms in total. The minimum atomic E-state index is -0.167. The number of rotatable bonds is 6. The number of pyridine rings is 2. The number of hydrogen-bond acceptors (Lipinski definition) is 8. The molecular formula is C22H21N5O4. The molecule has 1 aromatic carbocycles. The summed E-state index contributed by atoms with van der Waals surface area (Å²) in [5.41, 5.74) is 1.99. The molecule has 0 spiro atoms. The average Bonchev–Trinajstić information content (AvgIpc) is 3.48. The van der Waals surface area contributed by atoms with Gasteiger partial charge in [-0.2, -0.15) is 0 Å². The van der Waals surface area contributed by atoms with Crippen molar-refractivity contribution in [1.29, 1.82) is 0 Å². The summed E-state index contributed by atoms with van der Waals surface area (Å²) >= 11 is 0. The van der Waals surface area contributed by atoms with Gasteiger partial charge in [0.2, 0.25) is 11.8 Å². The SMILES string of the molecule is CNc1ncc(-c2nc3cc(OC)ccc3o2)c2cc(NC(=O)[C@H]3C[C@H]3CO)ncc12. The number of oxazole rings is 1. The van der Waals surface area contributed by atoms with E-state index < -0.39 is 0 Å². The van der Waals surface area contributed by atoms with E-state index in [1.165, 1.54) is 0 Å². The standard InChI is InChI=1S/C22H21N5O4/c1-23-20-15-8-24-19(27-21(29)13-5-11(13)10-28)7-14(15)16(9-25-20)22-26-17-6-12(30-2)3-4-18(17)31-22/h3-4,6-9,11,13,28H,5,10H2,1-2H3,(H,23,25)(H,24,27,29)/t11-,13-/m0/s1. The molecule has 3 aromatic heterocycles. The molecule has 9 heteroatoms. The van der Waals surface area contributed by atoms with Crippen LogP contribution in [0.25, 0.3) is 33.3 Å². The molecule has 3 N–H and O–H groups in total. The Hall–Kier alpha value is -3.72. The highest BCUT2D eigenvalue weighted by atomic mass is 16.5. The van der Waals surface area contributed by atoms with Crippen LogP contribution in [-0.4, -0.2) is 46.7 Å². The Labute approximate surface area is 177 Å². The Morgan fingerprint density at radius 2 is 2.13 bits per heavy atom. The number of aliphatic hydroxyl groups is 1. The van der Waals surface area contributed by atoms with Crippen LogP contribution < -0.4 is 15.4 Å². The summed E-state index contributed by atoms with van der Waals surface area (Å²) in [6, 6.07) is 7.21. The van der Waals surface area contributed by atoms with E-state index in [9.17, 15) is 9.90 Å². The quantitative estimate of drug-likeness (QED) is 0.436. The molecule has 2 atom stereocenters. The first-order chi connectivity index (χ1) is 15.1. The number of nitrogens with one attached hydrogen (secondary N) is 2. The summed E-state index contributed by atoms with van der Waals surface area (Å²) in [5, 5.41) is 16.7. The van der Waals surface area contributed by atoms with Crippen LogP contribution in [0.3, 0.4) is 0 Å². The highest BCUT2D eigenvalue weighted by molar-refractivity contribution is 6.03. The molecule has 5 rings (SSSR count). The van der Waals surface area contributed by atoms with Crippen molar-refractivity contribution in [1.82, 2.24) is 15.0 Å². The lowest BCUT2D eigenvalue weighted by atomic mass is 10.1. The normalized spacial score (nSPS) is 17.6. The van der Waals surface area contributed by atoms with E-state index in [0.29, 0.717) is 46.4 Å². The Kier molecular flexibility index (Phi) is 4.67. The number of aromatic nitrogens is 3. The van der Waals surface area contributed by atoms with Crippen LogP contribution in [0.5, 0.6) is 5.75 Å². The second-order valence-electron chi connectivity index (χ2n) is 7.51. The van der Waals surface area contributed by atoms with E-state index in [-0.39, 0.29) is 24.3 Å². The molecule has 0 saturated heterocycles. The summed E-state index contributed by atoms with van der Waals surface area (Å²) in [5.74, 6) is 1.92. The van der Waals surface area contributed by atoms with Gasteiger partial charge in [0.1, 0.15) is 22.9 Å². The lowest BCUT2D eigenvalue weighted by Crippen LogP contribution is -2.16. The third kappa shape index (κ3) is 3.42. The Morgan fingerprint density at radius 3 is 2.87 bits per heavy atom. The van der Waals surface area contributed by atoms with Crippen LogP contribution >= 0.6 is 0 Å². The van der Waals surface area contributed by atoms with Gasteiger partial charge in [0, 0.05) is 48.8 Å². The van der Waals surface area contributed by atoms with Crippen molar-refractivity contribution in [3.63, 3.8) is 0 Å². The van der Waals surface area contributed by atoms with E-state index in [1.807, 2.05) is 12.1 Å². The predicted molar refractivity (Wildman–Crippen MR) is 116 cm³/mol. The number of methoxy groups -OCH3 is 1. The van der Waals surface area contributed by atoms with Gasteiger partial charge >= 0.3 is 0 Å². The van der Waals surface area contributed by atoms with Crippen molar-refractivity contribution in [2.24, 2.45) is 11.8 Å². The maximum Gasteiger partial charge on any atom is 0.229 e. The maximum absolute atomic E-state index is 12.4. The van der Waals surface area contributed by atoms with Crippen molar-refractivity contribution in [2.75, 3.05) is 31.4 Å². The number of fused-ring (bicyclic) bond motifs is 2. The van der Waals surface area contributed by atoms with Crippen molar-refractivity contribution in [2.45, 2.75) is 6.42 Å². The number of ether oxygens (including phenoxy) is 1. The zero-order chi connectivity index (χ0) is 21.5. The number of aliphatic hydroxyl groups excluding tert-OH is 1. The van der Waals surface area contributed by atoms with E-state index >= 15 is 0 Å². The molecular weight excluding hydrogens is 398 g/mol. The molecule has 3 heterocycles. The molecule has 1 amide bonds. The lowest BCUT2D eigenvalue weighted by Gasteiger charge is -2.10. The second kappa shape index (κ2) is 7.51. The summed E-state index contributed by atoms with van der Waals surface area (Å²) < 4.78 is 11.2. The second-order valence-corrected chi connectivity index (χ2v) is 7.51. The van der Waals surface area contributed by atoms with Gasteiger partial charge in [-0.05, 0) is 30.5 Å². The lowest BCUT2D eigenvalue weighted by molar-refractivity contribution is -0.117. The van der Waals surface area contributed by atoms with Gasteiger partial charge in [-0.3, -0.25) is 4.79 Å². The molecule has 0 bridgehead atoms. The monoisotopic (exact) mass is 419 g/mol. The molecule has 1 fully saturated rings. The molecule has 31 heavy (non-hydrogen) atoms. The summed E-state index contributed by atoms with van der Waals surface area (Å²) in [7, 11) is 3.38. The molecule has 0 radical (unpaired) electrons. The first-order valence-electron chi connectivity index (χ1n) is 9.94. The van der Waals surface area contributed by atoms with Gasteiger partial charge in [-0.1, -0.05) is 0 Å². The van der Waals surface area contributed by atoms with Crippen molar-refractivity contribution in [3.05, 3.63) is 36.7 Å². The van der Waals surface area contributed by atoms with Gasteiger partial charge < -0.3 is 24.9 Å². The van der Waals surface area contributed by atoms with Gasteiger partial charge in [0.05, 0.1) is 12.7 Å². The number of hydrogen-bond donors (Lipinski definition) is 3. The summed E-state index contributed by atoms with van der Waals surface area (Å²) in [6.07, 6.45) is 4.04. The Bertz CT molecular complexity index is 1300. The predicted octanol–water partition coefficient (Wildman–Crippen LogP) is 3.06. The van der Waals surface area contributed by atoms with Gasteiger partial charge in [-0.25, -0.2) is 15.0 Å². The highest BCUT2D eigenvalue weighted by Crippen LogP contribution is 2.39. The van der Waals surface area contributed by atoms with Crippen LogP contribution in [0, 0.1) is 11.8 Å². The van der Waals surface area contributed by atoms with Crippen LogP contribution in [-0.2, 0) is 4.79 Å². The summed E-state index contributed by atoms with van der Waals surface area (Å²) in [6.45, 7) is 0.0209. The van der Waals surface area contributed by atoms with Crippen LogP contribution in [0.1, 0.15) is 6.42 Å². The van der Waals surface area contributed by atoms with E-state index in [2.05, 4.69) is 25.6 Å². The van der Waals surface area contributed by atoms with Crippen LogP contribution in [0.2, 0.25) is 0 Å². The third-order valence-corrected chi connectivity index (χ3v) is 5.58. The largest absolute Gasteiger partial charge is 0.497 e. The van der Waals surface area contributed by atoms with Crippen LogP contribution in [0.15, 0.2) is 41.1 Å². The Balaban J connectivity index is 1.58. The van der Waals surface area contributed by atoms with E-state index in [4.69, 9.17) is 9.15 Å². The summed E-state index contributed by atoms with van der Waals surface area (Å²) in [4.78, 5) is 25.9. The van der Waals surface area contributed by atoms with Gasteiger partial charge in [0.25, 0.3) is 0 Å². The number of anilines is 2. The highest BCUT2D eigenvalue weighted by Gasteiger charge is 2.42. The van der Waals surface area contributed by atoms with E-state index in [0.717, 1.165) is 10.8 Å². The molecule has 158 valence electrons. The average molecular weight is 419 g/mol. The van der Waals surface area contributed by atoms with Crippen molar-refractivity contribution < 1.29 is 19.1 Å². The minimum Gasteiger partial charge on any atom is -0.497 e. The van der Waals surface area contributed by atoms with E-state index in [1.54, 1.807) is 38.7 Å². The smallest absolute Gasteiger partial charge is 0.229 e. The number of carbonyl (C=O) groups is 1. The van der Waals surface area contributed by atoms with Crippen LogP contribution in [0.4, 0.5) is 11.6 Å². The number of amides is 1. The maximum atomic E-state index is 12.4. The first-order valence-corrected chi connectivity index (χ1v) is 9.94. The molecule has 1 aliphatic rings. The fourth-order valence-corrected chi connectivity index (χ4v) is 3.71. The van der Waals surface area contributed by atoms with Gasteiger partial charge in [0.15, 0.2) is 5.58 Å². The zero-order valence-electron chi connectivity index (χ0n) is 17.0. The number of carbonyl (C=O) groups excluding carboxylic acids is 1. The number of nitrogens with zero attached hydrogens (tertiary/aromatic N) is 3. The molecule has 0 aliphatic heterocycles. The minimum absolute atomic E-state index is 0.0209. The van der Waals surface area contributed by atoms with Crippen molar-refractivity contribution in [3.8, 4) is 17.2 Å². The zero-order valence-corrected chi connectivity index (χ0v) is 17.0. The molecule has 0 unspecified atom stereocenters. The van der Waals surface area contributed by atoms with Gasteiger partial charge in [-0.15, -0.1) is 0 Å². The Morgan fingerprint density at radius 1 is 1.26 bits per heavy atom. The third-order valence-electron chi connectivity index (χ3n) is 5.58. The topological polar surface area (TPSA) is 122 Å². The fourth-order valence-electron chi connectivity index (χ4n) is 3.71. The molecule has 1 aliphatic carbocycles. The molecule has 4 aromatic rings. The van der Waals surface area contributed by atoms with Crippen molar-refractivity contribution >= 4 is 39.4 Å². The molecule has 1 saturated carbocycles. The number of benzene rings is 1. The fraction of sp³-hybridized carbons (Fsp3) is 0.273.